The third-order valence-electron chi connectivity index (χ3n) is 6.74. The van der Waals surface area contributed by atoms with Crippen molar-refractivity contribution in [1.82, 2.24) is 14.5 Å². The smallest absolute Gasteiger partial charge is 0.344 e. The molecule has 2 N–H and O–H groups in total. The number of amides is 2. The first-order chi connectivity index (χ1) is 19.2. The Labute approximate surface area is 235 Å². The number of benzene rings is 2. The molecule has 1 fully saturated rings. The van der Waals surface area contributed by atoms with Crippen LogP contribution < -0.4 is 14.8 Å². The molecule has 0 saturated carbocycles. The lowest BCUT2D eigenvalue weighted by Gasteiger charge is -2.37. The second-order valence-corrected chi connectivity index (χ2v) is 11.8. The molecule has 0 spiro atoms. The molecule has 1 aliphatic heterocycles. The molecule has 2 heterocycles. The Morgan fingerprint density at radius 2 is 1.62 bits per heavy atom. The van der Waals surface area contributed by atoms with Gasteiger partial charge in [-0.25, -0.2) is 17.9 Å². The van der Waals surface area contributed by atoms with Crippen LogP contribution in [0.3, 0.4) is 0 Å². The second kappa shape index (κ2) is 13.5. The van der Waals surface area contributed by atoms with Crippen molar-refractivity contribution < 1.29 is 23.2 Å². The van der Waals surface area contributed by atoms with E-state index >= 15 is 0 Å². The number of pyridine rings is 1. The fraction of sp³-hybridized carbons (Fsp3) is 0.379. The normalized spacial score (nSPS) is 14.4. The number of carbonyl (C=O) groups excluding carboxylic acids is 1. The minimum atomic E-state index is -3.32. The number of unbranched alkanes of at least 4 members (excludes halogenated alkanes) is 1. The first-order valence-corrected chi connectivity index (χ1v) is 15.4. The van der Waals surface area contributed by atoms with Crippen LogP contribution in [0.5, 0.6) is 11.5 Å². The van der Waals surface area contributed by atoms with Gasteiger partial charge in [-0.2, -0.15) is 4.99 Å². The van der Waals surface area contributed by atoms with Gasteiger partial charge < -0.3 is 14.8 Å². The average Bonchev–Trinajstić information content (AvgIpc) is 2.92. The van der Waals surface area contributed by atoms with Gasteiger partial charge in [-0.15, -0.1) is 0 Å². The molecule has 0 unspecified atom stereocenters. The van der Waals surface area contributed by atoms with E-state index < -0.39 is 10.0 Å². The van der Waals surface area contributed by atoms with Crippen molar-refractivity contribution in [2.45, 2.75) is 45.2 Å². The van der Waals surface area contributed by atoms with Gasteiger partial charge in [-0.05, 0) is 73.4 Å². The molecule has 0 radical (unpaired) electrons. The number of likely N-dealkylation sites (tertiary alicyclic amines) is 1. The van der Waals surface area contributed by atoms with E-state index in [-0.39, 0.29) is 12.1 Å². The van der Waals surface area contributed by atoms with Gasteiger partial charge in [0.2, 0.25) is 10.0 Å². The van der Waals surface area contributed by atoms with Crippen LogP contribution in [0.1, 0.15) is 38.2 Å². The number of urea groups is 1. The highest BCUT2D eigenvalue weighted by Crippen LogP contribution is 2.25. The van der Waals surface area contributed by atoms with Crippen molar-refractivity contribution in [2.75, 3.05) is 30.6 Å². The Balaban J connectivity index is 1.29. The Morgan fingerprint density at radius 1 is 1.02 bits per heavy atom. The first kappa shape index (κ1) is 29.2. The molecule has 3 aromatic rings. The Hall–Kier alpha value is -3.83. The van der Waals surface area contributed by atoms with Gasteiger partial charge in [0.15, 0.2) is 0 Å². The molecule has 0 bridgehead atoms. The van der Waals surface area contributed by atoms with Gasteiger partial charge >= 0.3 is 6.03 Å². The van der Waals surface area contributed by atoms with Gasteiger partial charge in [0.05, 0.1) is 11.6 Å². The second-order valence-electron chi connectivity index (χ2n) is 10.0. The number of sulfonamides is 1. The summed E-state index contributed by atoms with van der Waals surface area (Å²) in [5.74, 6) is 1.32. The number of hydrogen-bond donors (Lipinski definition) is 2. The van der Waals surface area contributed by atoms with E-state index in [9.17, 15) is 18.4 Å². The van der Waals surface area contributed by atoms with Crippen molar-refractivity contribution in [3.8, 4) is 11.5 Å². The molecule has 10 nitrogen and oxygen atoms in total. The first-order valence-electron chi connectivity index (χ1n) is 13.5. The Kier molecular flexibility index (Phi) is 9.84. The largest absolute Gasteiger partial charge is 0.457 e. The van der Waals surface area contributed by atoms with Crippen molar-refractivity contribution in [3.05, 3.63) is 84.0 Å². The molecule has 4 rings (SSSR count). The van der Waals surface area contributed by atoms with E-state index in [0.29, 0.717) is 29.1 Å². The lowest BCUT2D eigenvalue weighted by molar-refractivity contribution is 0.120. The molecule has 2 aromatic carbocycles. The lowest BCUT2D eigenvalue weighted by Crippen LogP contribution is -2.47. The lowest BCUT2D eigenvalue weighted by atomic mass is 10.0. The number of piperidine rings is 1. The third kappa shape index (κ3) is 8.85. The quantitative estimate of drug-likeness (QED) is 0.344. The molecule has 1 aliphatic rings. The zero-order chi connectivity index (χ0) is 28.5. The van der Waals surface area contributed by atoms with Crippen LogP contribution in [0.4, 0.5) is 10.5 Å². The zero-order valence-electron chi connectivity index (χ0n) is 22.9. The average molecular weight is 568 g/mol. The summed E-state index contributed by atoms with van der Waals surface area (Å²) in [7, 11) is -3.32. The van der Waals surface area contributed by atoms with Gasteiger partial charge in [-0.3, -0.25) is 9.62 Å². The van der Waals surface area contributed by atoms with Gasteiger partial charge in [-0.1, -0.05) is 25.5 Å². The molecule has 0 aliphatic carbocycles. The molecular formula is C29H37N5O5S. The van der Waals surface area contributed by atoms with Gasteiger partial charge in [0.1, 0.15) is 11.5 Å². The zero-order valence-corrected chi connectivity index (χ0v) is 23.8. The molecule has 2 amide bonds. The maximum absolute atomic E-state index is 13.0. The summed E-state index contributed by atoms with van der Waals surface area (Å²) >= 11 is 0. The standard InChI is InChI=1S/C29H37N5O5S/c1-3-4-17-34(29(35)30-24-13-20-33(36)21-14-24)26-15-18-32(19-16-26)22-23-5-9-27(10-6-23)39-28-11-7-25(8-12-28)31-40(2,37)38/h5-14,20-21,26,31,36H,3-4,15-19,22H2,1-2H3. The molecule has 40 heavy (non-hydrogen) atoms. The van der Waals surface area contributed by atoms with Crippen molar-refractivity contribution >= 4 is 21.7 Å². The summed E-state index contributed by atoms with van der Waals surface area (Å²) < 4.78 is 32.0. The Morgan fingerprint density at radius 3 is 2.20 bits per heavy atom. The van der Waals surface area contributed by atoms with Crippen LogP contribution in [0, 0.1) is 0 Å². The van der Waals surface area contributed by atoms with Crippen molar-refractivity contribution in [2.24, 2.45) is 4.99 Å². The fourth-order valence-electron chi connectivity index (χ4n) is 4.67. The predicted molar refractivity (Wildman–Crippen MR) is 154 cm³/mol. The van der Waals surface area contributed by atoms with E-state index in [4.69, 9.17) is 4.74 Å². The predicted octanol–water partition coefficient (Wildman–Crippen LogP) is 4.68. The minimum absolute atomic E-state index is 0.153. The van der Waals surface area contributed by atoms with Gasteiger partial charge in [0, 0.05) is 50.3 Å². The molecule has 11 heteroatoms. The highest BCUT2D eigenvalue weighted by molar-refractivity contribution is 7.92. The number of nitrogens with zero attached hydrogens (tertiary/aromatic N) is 4. The number of hydrogen-bond acceptors (Lipinski definition) is 6. The van der Waals surface area contributed by atoms with E-state index in [1.807, 2.05) is 29.2 Å². The number of anilines is 1. The topological polar surface area (TPSA) is 116 Å². The van der Waals surface area contributed by atoms with E-state index in [0.717, 1.165) is 56.3 Å². The van der Waals surface area contributed by atoms with Crippen LogP contribution >= 0.6 is 0 Å². The maximum Gasteiger partial charge on any atom is 0.344 e. The Bertz CT molecular complexity index is 1410. The van der Waals surface area contributed by atoms with Crippen LogP contribution in [-0.2, 0) is 16.6 Å². The summed E-state index contributed by atoms with van der Waals surface area (Å²) in [6.07, 6.45) is 7.74. The van der Waals surface area contributed by atoms with E-state index in [1.54, 1.807) is 36.4 Å². The summed E-state index contributed by atoms with van der Waals surface area (Å²) in [6.45, 7) is 5.40. The summed E-state index contributed by atoms with van der Waals surface area (Å²) in [6, 6.07) is 17.9. The highest BCUT2D eigenvalue weighted by Gasteiger charge is 2.27. The molecular weight excluding hydrogens is 530 g/mol. The summed E-state index contributed by atoms with van der Waals surface area (Å²) in [4.78, 5) is 21.6. The van der Waals surface area contributed by atoms with E-state index in [2.05, 4.69) is 21.5 Å². The number of nitrogens with one attached hydrogen (secondary N) is 1. The number of aromatic nitrogens is 1. The van der Waals surface area contributed by atoms with E-state index in [1.165, 1.54) is 18.0 Å². The maximum atomic E-state index is 13.0. The molecule has 214 valence electrons. The molecule has 1 saturated heterocycles. The van der Waals surface area contributed by atoms with Crippen molar-refractivity contribution in [3.63, 3.8) is 0 Å². The van der Waals surface area contributed by atoms with Crippen molar-refractivity contribution in [1.29, 1.82) is 0 Å². The monoisotopic (exact) mass is 567 g/mol. The number of rotatable bonds is 10. The molecule has 1 aromatic heterocycles. The third-order valence-corrected chi connectivity index (χ3v) is 7.35. The highest BCUT2D eigenvalue weighted by atomic mass is 32.2. The van der Waals surface area contributed by atoms with Gasteiger partial charge in [0.25, 0.3) is 0 Å². The van der Waals surface area contributed by atoms with Crippen LogP contribution in [0.15, 0.2) is 78.0 Å². The molecule has 0 atom stereocenters. The summed E-state index contributed by atoms with van der Waals surface area (Å²) in [5, 5.41) is 9.94. The SMILES string of the molecule is CCCCN(C(=O)N=c1ccn(O)cc1)C1CCN(Cc2ccc(Oc3ccc(NS(C)(=O)=O)cc3)cc2)CC1. The number of ether oxygens (including phenoxy) is 1. The van der Waals surface area contributed by atoms with Crippen LogP contribution in [0.2, 0.25) is 0 Å². The fourth-order valence-corrected chi connectivity index (χ4v) is 5.24. The number of carbonyl (C=O) groups is 1. The van der Waals surface area contributed by atoms with Crippen LogP contribution in [-0.4, -0.2) is 66.1 Å². The van der Waals surface area contributed by atoms with Crippen LogP contribution in [0.25, 0.3) is 0 Å². The summed E-state index contributed by atoms with van der Waals surface area (Å²) in [5.41, 5.74) is 1.66. The minimum Gasteiger partial charge on any atom is -0.457 e.